The van der Waals surface area contributed by atoms with Gasteiger partial charge in [0.05, 0.1) is 24.5 Å². The van der Waals surface area contributed by atoms with E-state index in [2.05, 4.69) is 35.9 Å². The number of methoxy groups -OCH3 is 1. The summed E-state index contributed by atoms with van der Waals surface area (Å²) in [6.45, 7) is 4.11. The highest BCUT2D eigenvalue weighted by Crippen LogP contribution is 2.41. The van der Waals surface area contributed by atoms with Gasteiger partial charge in [-0.2, -0.15) is 0 Å². The van der Waals surface area contributed by atoms with E-state index in [1.165, 1.54) is 0 Å². The lowest BCUT2D eigenvalue weighted by Crippen LogP contribution is -2.20. The summed E-state index contributed by atoms with van der Waals surface area (Å²) in [7, 11) is 1.70. The molecule has 0 amide bonds. The molecule has 1 fully saturated rings. The van der Waals surface area contributed by atoms with Crippen LogP contribution in [0.15, 0.2) is 18.3 Å². The summed E-state index contributed by atoms with van der Waals surface area (Å²) in [5, 5.41) is 0. The molecular weight excluding hydrogens is 238 g/mol. The minimum atomic E-state index is -0.213. The van der Waals surface area contributed by atoms with Crippen molar-refractivity contribution in [2.24, 2.45) is 5.73 Å². The van der Waals surface area contributed by atoms with Crippen molar-refractivity contribution >= 4 is 0 Å². The fourth-order valence-electron chi connectivity index (χ4n) is 2.52. The number of rotatable bonds is 3. The number of aromatic nitrogens is 2. The van der Waals surface area contributed by atoms with E-state index >= 15 is 0 Å². The van der Waals surface area contributed by atoms with Crippen LogP contribution in [-0.2, 0) is 5.54 Å². The molecule has 0 radical (unpaired) electrons. The Labute approximate surface area is 113 Å². The fourth-order valence-corrected chi connectivity index (χ4v) is 2.52. The minimum Gasteiger partial charge on any atom is -0.496 e. The predicted molar refractivity (Wildman–Crippen MR) is 75.1 cm³/mol. The van der Waals surface area contributed by atoms with E-state index in [0.717, 1.165) is 46.8 Å². The van der Waals surface area contributed by atoms with Crippen molar-refractivity contribution in [2.45, 2.75) is 32.2 Å². The minimum absolute atomic E-state index is 0.213. The first-order chi connectivity index (χ1) is 9.03. The van der Waals surface area contributed by atoms with Crippen LogP contribution >= 0.6 is 0 Å². The number of ether oxygens (including phenoxy) is 1. The highest BCUT2D eigenvalue weighted by Gasteiger charge is 2.42. The van der Waals surface area contributed by atoms with Gasteiger partial charge in [0.1, 0.15) is 11.6 Å². The summed E-state index contributed by atoms with van der Waals surface area (Å²) in [6, 6.07) is 4.22. The average molecular weight is 257 g/mol. The Hall–Kier alpha value is -1.81. The van der Waals surface area contributed by atoms with Gasteiger partial charge in [-0.1, -0.05) is 0 Å². The maximum absolute atomic E-state index is 6.15. The molecule has 19 heavy (non-hydrogen) atoms. The van der Waals surface area contributed by atoms with Crippen molar-refractivity contribution in [3.8, 4) is 17.0 Å². The molecule has 0 unspecified atom stereocenters. The molecule has 1 aliphatic carbocycles. The molecule has 0 bridgehead atoms. The Morgan fingerprint density at radius 2 is 1.89 bits per heavy atom. The van der Waals surface area contributed by atoms with Gasteiger partial charge in [0, 0.05) is 5.56 Å². The largest absolute Gasteiger partial charge is 0.496 e. The van der Waals surface area contributed by atoms with Crippen LogP contribution in [0, 0.1) is 13.8 Å². The van der Waals surface area contributed by atoms with Gasteiger partial charge in [0.2, 0.25) is 0 Å². The molecule has 4 nitrogen and oxygen atoms in total. The Morgan fingerprint density at radius 3 is 2.42 bits per heavy atom. The molecule has 0 spiro atoms. The van der Waals surface area contributed by atoms with Crippen LogP contribution in [0.4, 0.5) is 0 Å². The quantitative estimate of drug-likeness (QED) is 0.888. The number of H-pyrrole nitrogens is 1. The van der Waals surface area contributed by atoms with Crippen LogP contribution in [-0.4, -0.2) is 17.1 Å². The summed E-state index contributed by atoms with van der Waals surface area (Å²) in [5.41, 5.74) is 10.3. The van der Waals surface area contributed by atoms with Crippen LogP contribution in [0.5, 0.6) is 5.75 Å². The number of aryl methyl sites for hydroxylation is 2. The number of nitrogens with one attached hydrogen (secondary N) is 1. The van der Waals surface area contributed by atoms with Crippen LogP contribution < -0.4 is 10.5 Å². The zero-order valence-corrected chi connectivity index (χ0v) is 11.6. The number of benzene rings is 1. The molecule has 100 valence electrons. The summed E-state index contributed by atoms with van der Waals surface area (Å²) in [5.74, 6) is 1.84. The zero-order valence-electron chi connectivity index (χ0n) is 11.6. The molecule has 1 aliphatic rings. The van der Waals surface area contributed by atoms with E-state index in [1.54, 1.807) is 7.11 Å². The van der Waals surface area contributed by atoms with E-state index in [0.29, 0.717) is 0 Å². The fraction of sp³-hybridized carbons (Fsp3) is 0.400. The molecule has 4 heteroatoms. The van der Waals surface area contributed by atoms with Crippen molar-refractivity contribution in [3.63, 3.8) is 0 Å². The maximum Gasteiger partial charge on any atom is 0.126 e. The molecule has 0 atom stereocenters. The molecular formula is C15H19N3O. The van der Waals surface area contributed by atoms with Crippen LogP contribution in [0.1, 0.15) is 29.8 Å². The third-order valence-electron chi connectivity index (χ3n) is 3.81. The maximum atomic E-state index is 6.15. The molecule has 0 saturated heterocycles. The third kappa shape index (κ3) is 2.02. The van der Waals surface area contributed by atoms with E-state index in [-0.39, 0.29) is 5.54 Å². The van der Waals surface area contributed by atoms with Gasteiger partial charge in [-0.3, -0.25) is 0 Å². The molecule has 0 aliphatic heterocycles. The van der Waals surface area contributed by atoms with E-state index in [9.17, 15) is 0 Å². The number of imidazole rings is 1. The number of nitrogens with zero attached hydrogens (tertiary/aromatic N) is 1. The molecule has 1 saturated carbocycles. The Bertz CT molecular complexity index is 603. The van der Waals surface area contributed by atoms with E-state index in [1.807, 2.05) is 6.20 Å². The van der Waals surface area contributed by atoms with Crippen molar-refractivity contribution in [2.75, 3.05) is 7.11 Å². The topological polar surface area (TPSA) is 63.9 Å². The lowest BCUT2D eigenvalue weighted by molar-refractivity contribution is 0.408. The lowest BCUT2D eigenvalue weighted by atomic mass is 10.0. The number of aromatic amines is 1. The van der Waals surface area contributed by atoms with Crippen molar-refractivity contribution < 1.29 is 4.74 Å². The molecule has 1 heterocycles. The second-order valence-electron chi connectivity index (χ2n) is 5.44. The first kappa shape index (κ1) is 12.2. The second kappa shape index (κ2) is 4.10. The van der Waals surface area contributed by atoms with Gasteiger partial charge in [-0.05, 0) is 49.9 Å². The molecule has 1 aromatic heterocycles. The molecule has 2 aromatic rings. The SMILES string of the molecule is COc1c(C)cc(-c2cnc(C3(N)CC3)[nH]2)cc1C. The number of hydrogen-bond acceptors (Lipinski definition) is 3. The lowest BCUT2D eigenvalue weighted by Gasteiger charge is -2.10. The van der Waals surface area contributed by atoms with Crippen LogP contribution in [0.2, 0.25) is 0 Å². The molecule has 3 rings (SSSR count). The summed E-state index contributed by atoms with van der Waals surface area (Å²) in [6.07, 6.45) is 3.89. The number of nitrogens with two attached hydrogens (primary N) is 1. The average Bonchev–Trinajstić information content (AvgIpc) is 2.93. The summed E-state index contributed by atoms with van der Waals surface area (Å²) >= 11 is 0. The predicted octanol–water partition coefficient (Wildman–Crippen LogP) is 2.65. The summed E-state index contributed by atoms with van der Waals surface area (Å²) < 4.78 is 5.39. The Kier molecular flexibility index (Phi) is 2.64. The van der Waals surface area contributed by atoms with Gasteiger partial charge in [-0.15, -0.1) is 0 Å². The normalized spacial score (nSPS) is 16.4. The van der Waals surface area contributed by atoms with E-state index < -0.39 is 0 Å². The van der Waals surface area contributed by atoms with Gasteiger partial charge in [0.25, 0.3) is 0 Å². The monoisotopic (exact) mass is 257 g/mol. The standard InChI is InChI=1S/C15H19N3O/c1-9-6-11(7-10(2)13(9)19-3)12-8-17-14(18-12)15(16)4-5-15/h6-8H,4-5,16H2,1-3H3,(H,17,18). The molecule has 1 aromatic carbocycles. The van der Waals surface area contributed by atoms with Gasteiger partial charge in [-0.25, -0.2) is 4.98 Å². The summed E-state index contributed by atoms with van der Waals surface area (Å²) in [4.78, 5) is 7.76. The van der Waals surface area contributed by atoms with Crippen LogP contribution in [0.25, 0.3) is 11.3 Å². The van der Waals surface area contributed by atoms with E-state index in [4.69, 9.17) is 10.5 Å². The zero-order chi connectivity index (χ0) is 13.6. The molecule has 3 N–H and O–H groups in total. The highest BCUT2D eigenvalue weighted by molar-refractivity contribution is 5.64. The van der Waals surface area contributed by atoms with Gasteiger partial charge in [0.15, 0.2) is 0 Å². The second-order valence-corrected chi connectivity index (χ2v) is 5.44. The van der Waals surface area contributed by atoms with Crippen LogP contribution in [0.3, 0.4) is 0 Å². The Morgan fingerprint density at radius 1 is 1.26 bits per heavy atom. The van der Waals surface area contributed by atoms with Gasteiger partial charge >= 0.3 is 0 Å². The first-order valence-corrected chi connectivity index (χ1v) is 6.53. The Balaban J connectivity index is 2.00. The third-order valence-corrected chi connectivity index (χ3v) is 3.81. The highest BCUT2D eigenvalue weighted by atomic mass is 16.5. The van der Waals surface area contributed by atoms with Crippen molar-refractivity contribution in [1.29, 1.82) is 0 Å². The number of hydrogen-bond donors (Lipinski definition) is 2. The smallest absolute Gasteiger partial charge is 0.126 e. The van der Waals surface area contributed by atoms with Gasteiger partial charge < -0.3 is 15.5 Å². The first-order valence-electron chi connectivity index (χ1n) is 6.53. The van der Waals surface area contributed by atoms with Crippen molar-refractivity contribution in [3.05, 3.63) is 35.3 Å². The van der Waals surface area contributed by atoms with Crippen molar-refractivity contribution in [1.82, 2.24) is 9.97 Å².